The van der Waals surface area contributed by atoms with Crippen LogP contribution in [0.3, 0.4) is 0 Å². The van der Waals surface area contributed by atoms with Crippen molar-refractivity contribution in [1.29, 1.82) is 0 Å². The standard InChI is InChI=1S/C15H24N2O2/c1-3-12(7-8-16)11-17-15(18)10-13-5-4-6-14(9-13)19-2/h4-6,9,12H,3,7-8,10-11,16H2,1-2H3,(H,17,18). The van der Waals surface area contributed by atoms with Crippen LogP contribution in [0.25, 0.3) is 0 Å². The molecule has 0 aliphatic heterocycles. The van der Waals surface area contributed by atoms with Crippen LogP contribution in [0.15, 0.2) is 24.3 Å². The molecular formula is C15H24N2O2. The zero-order valence-corrected chi connectivity index (χ0v) is 11.8. The van der Waals surface area contributed by atoms with Crippen molar-refractivity contribution in [2.24, 2.45) is 11.7 Å². The largest absolute Gasteiger partial charge is 0.497 e. The number of ether oxygens (including phenoxy) is 1. The number of nitrogens with two attached hydrogens (primary N) is 1. The van der Waals surface area contributed by atoms with Crippen LogP contribution < -0.4 is 15.8 Å². The summed E-state index contributed by atoms with van der Waals surface area (Å²) in [5.41, 5.74) is 6.50. The Kier molecular flexibility index (Phi) is 6.97. The van der Waals surface area contributed by atoms with Crippen LogP contribution in [0.5, 0.6) is 5.75 Å². The smallest absolute Gasteiger partial charge is 0.224 e. The van der Waals surface area contributed by atoms with Crippen LogP contribution in [0.1, 0.15) is 25.3 Å². The van der Waals surface area contributed by atoms with Gasteiger partial charge in [0, 0.05) is 6.54 Å². The molecule has 19 heavy (non-hydrogen) atoms. The summed E-state index contributed by atoms with van der Waals surface area (Å²) in [5, 5.41) is 2.97. The molecule has 0 saturated heterocycles. The molecule has 1 unspecified atom stereocenters. The fraction of sp³-hybridized carbons (Fsp3) is 0.533. The van der Waals surface area contributed by atoms with E-state index in [-0.39, 0.29) is 5.91 Å². The number of amides is 1. The number of hydrogen-bond donors (Lipinski definition) is 2. The molecule has 0 radical (unpaired) electrons. The Labute approximate surface area is 115 Å². The summed E-state index contributed by atoms with van der Waals surface area (Å²) in [5.74, 6) is 1.29. The molecule has 1 aromatic rings. The molecule has 0 fully saturated rings. The van der Waals surface area contributed by atoms with Gasteiger partial charge in [-0.25, -0.2) is 0 Å². The molecule has 4 nitrogen and oxygen atoms in total. The summed E-state index contributed by atoms with van der Waals surface area (Å²) in [4.78, 5) is 11.9. The predicted molar refractivity (Wildman–Crippen MR) is 77.2 cm³/mol. The van der Waals surface area contributed by atoms with E-state index in [1.807, 2.05) is 24.3 Å². The number of carbonyl (C=O) groups excluding carboxylic acids is 1. The quantitative estimate of drug-likeness (QED) is 0.751. The average Bonchev–Trinajstić information content (AvgIpc) is 2.43. The summed E-state index contributed by atoms with van der Waals surface area (Å²) >= 11 is 0. The summed E-state index contributed by atoms with van der Waals surface area (Å²) < 4.78 is 5.14. The second-order valence-electron chi connectivity index (χ2n) is 4.68. The minimum Gasteiger partial charge on any atom is -0.497 e. The van der Waals surface area contributed by atoms with Gasteiger partial charge < -0.3 is 15.8 Å². The van der Waals surface area contributed by atoms with Crippen molar-refractivity contribution in [2.45, 2.75) is 26.2 Å². The Bertz CT molecular complexity index is 393. The van der Waals surface area contributed by atoms with E-state index in [0.29, 0.717) is 25.4 Å². The first-order chi connectivity index (χ1) is 9.19. The van der Waals surface area contributed by atoms with Crippen LogP contribution in [0.2, 0.25) is 0 Å². The van der Waals surface area contributed by atoms with Gasteiger partial charge in [0.2, 0.25) is 5.91 Å². The van der Waals surface area contributed by atoms with Gasteiger partial charge in [0.1, 0.15) is 5.75 Å². The lowest BCUT2D eigenvalue weighted by atomic mass is 10.0. The van der Waals surface area contributed by atoms with E-state index in [0.717, 1.165) is 24.2 Å². The van der Waals surface area contributed by atoms with Crippen molar-refractivity contribution in [3.8, 4) is 5.75 Å². The number of rotatable bonds is 8. The molecule has 1 rings (SSSR count). The molecular weight excluding hydrogens is 240 g/mol. The van der Waals surface area contributed by atoms with E-state index in [2.05, 4.69) is 12.2 Å². The third-order valence-corrected chi connectivity index (χ3v) is 3.24. The van der Waals surface area contributed by atoms with Crippen LogP contribution in [-0.2, 0) is 11.2 Å². The Balaban J connectivity index is 2.41. The highest BCUT2D eigenvalue weighted by Crippen LogP contribution is 2.13. The van der Waals surface area contributed by atoms with Crippen molar-refractivity contribution >= 4 is 5.91 Å². The molecule has 3 N–H and O–H groups in total. The van der Waals surface area contributed by atoms with Crippen LogP contribution >= 0.6 is 0 Å². The average molecular weight is 264 g/mol. The van der Waals surface area contributed by atoms with Gasteiger partial charge in [-0.3, -0.25) is 4.79 Å². The maximum absolute atomic E-state index is 11.9. The zero-order chi connectivity index (χ0) is 14.1. The maximum atomic E-state index is 11.9. The molecule has 4 heteroatoms. The van der Waals surface area contributed by atoms with Gasteiger partial charge in [-0.15, -0.1) is 0 Å². The highest BCUT2D eigenvalue weighted by atomic mass is 16.5. The topological polar surface area (TPSA) is 64.3 Å². The maximum Gasteiger partial charge on any atom is 0.224 e. The highest BCUT2D eigenvalue weighted by molar-refractivity contribution is 5.78. The van der Waals surface area contributed by atoms with E-state index < -0.39 is 0 Å². The molecule has 0 spiro atoms. The number of methoxy groups -OCH3 is 1. The molecule has 1 aromatic carbocycles. The second-order valence-corrected chi connectivity index (χ2v) is 4.68. The van der Waals surface area contributed by atoms with E-state index in [4.69, 9.17) is 10.5 Å². The molecule has 106 valence electrons. The molecule has 0 aliphatic carbocycles. The van der Waals surface area contributed by atoms with E-state index >= 15 is 0 Å². The molecule has 0 aromatic heterocycles. The Morgan fingerprint density at radius 1 is 1.47 bits per heavy atom. The lowest BCUT2D eigenvalue weighted by Crippen LogP contribution is -2.31. The lowest BCUT2D eigenvalue weighted by molar-refractivity contribution is -0.120. The summed E-state index contributed by atoms with van der Waals surface area (Å²) in [6.45, 7) is 3.50. The van der Waals surface area contributed by atoms with Gasteiger partial charge in [-0.2, -0.15) is 0 Å². The van der Waals surface area contributed by atoms with Crippen molar-refractivity contribution in [1.82, 2.24) is 5.32 Å². The summed E-state index contributed by atoms with van der Waals surface area (Å²) in [6.07, 6.45) is 2.38. The SMILES string of the molecule is CCC(CCN)CNC(=O)Cc1cccc(OC)c1. The van der Waals surface area contributed by atoms with Crippen LogP contribution in [0, 0.1) is 5.92 Å². The molecule has 0 heterocycles. The normalized spacial score (nSPS) is 11.9. The van der Waals surface area contributed by atoms with Crippen molar-refractivity contribution in [3.63, 3.8) is 0 Å². The third-order valence-electron chi connectivity index (χ3n) is 3.24. The van der Waals surface area contributed by atoms with Gasteiger partial charge in [-0.05, 0) is 36.6 Å². The first-order valence-corrected chi connectivity index (χ1v) is 6.79. The number of nitrogens with one attached hydrogen (secondary N) is 1. The zero-order valence-electron chi connectivity index (χ0n) is 11.8. The van der Waals surface area contributed by atoms with Gasteiger partial charge in [0.15, 0.2) is 0 Å². The van der Waals surface area contributed by atoms with Gasteiger partial charge in [0.05, 0.1) is 13.5 Å². The van der Waals surface area contributed by atoms with Crippen LogP contribution in [-0.4, -0.2) is 26.1 Å². The number of carbonyl (C=O) groups is 1. The fourth-order valence-corrected chi connectivity index (χ4v) is 1.97. The van der Waals surface area contributed by atoms with E-state index in [9.17, 15) is 4.79 Å². The first-order valence-electron chi connectivity index (χ1n) is 6.79. The van der Waals surface area contributed by atoms with Crippen molar-refractivity contribution in [3.05, 3.63) is 29.8 Å². The Morgan fingerprint density at radius 3 is 2.89 bits per heavy atom. The molecule has 0 bridgehead atoms. The van der Waals surface area contributed by atoms with E-state index in [1.165, 1.54) is 0 Å². The van der Waals surface area contributed by atoms with Crippen molar-refractivity contribution < 1.29 is 9.53 Å². The number of hydrogen-bond acceptors (Lipinski definition) is 3. The number of benzene rings is 1. The van der Waals surface area contributed by atoms with Crippen LogP contribution in [0.4, 0.5) is 0 Å². The minimum atomic E-state index is 0.0451. The van der Waals surface area contributed by atoms with E-state index in [1.54, 1.807) is 7.11 Å². The van der Waals surface area contributed by atoms with Gasteiger partial charge >= 0.3 is 0 Å². The first kappa shape index (κ1) is 15.5. The molecule has 0 aliphatic rings. The Hall–Kier alpha value is -1.55. The van der Waals surface area contributed by atoms with Gasteiger partial charge in [-0.1, -0.05) is 25.5 Å². The molecule has 1 amide bonds. The summed E-state index contributed by atoms with van der Waals surface area (Å²) in [7, 11) is 1.62. The summed E-state index contributed by atoms with van der Waals surface area (Å²) in [6, 6.07) is 7.58. The second kappa shape index (κ2) is 8.53. The lowest BCUT2D eigenvalue weighted by Gasteiger charge is -2.14. The van der Waals surface area contributed by atoms with Crippen molar-refractivity contribution in [2.75, 3.05) is 20.2 Å². The highest BCUT2D eigenvalue weighted by Gasteiger charge is 2.08. The monoisotopic (exact) mass is 264 g/mol. The Morgan fingerprint density at radius 2 is 2.26 bits per heavy atom. The fourth-order valence-electron chi connectivity index (χ4n) is 1.97. The third kappa shape index (κ3) is 5.75. The molecule has 1 atom stereocenters. The minimum absolute atomic E-state index is 0.0451. The predicted octanol–water partition coefficient (Wildman–Crippen LogP) is 1.73. The molecule has 0 saturated carbocycles. The van der Waals surface area contributed by atoms with Gasteiger partial charge in [0.25, 0.3) is 0 Å².